The molecular weight excluding hydrogens is 382 g/mol. The van der Waals surface area contributed by atoms with Gasteiger partial charge in [0.1, 0.15) is 5.75 Å². The molecule has 8 nitrogen and oxygen atoms in total. The standard InChI is InChI=1S/C19H26ClN5O3/c20-16-7-15(18(26)8-17(16)22)19(27)23-9-14-11-25(5-6-28-14)10-13-1-3-24(12-21)4-2-13/h7-8,13-14,26H,1-6,9-11,22H2,(H,23,27). The topological polar surface area (TPSA) is 115 Å². The molecule has 0 spiro atoms. The highest BCUT2D eigenvalue weighted by Crippen LogP contribution is 2.28. The summed E-state index contributed by atoms with van der Waals surface area (Å²) in [7, 11) is 0. The number of likely N-dealkylation sites (tertiary alicyclic amines) is 1. The number of aromatic hydroxyl groups is 1. The van der Waals surface area contributed by atoms with Crippen molar-refractivity contribution in [2.24, 2.45) is 5.92 Å². The number of phenolic OH excluding ortho intramolecular Hbond substituents is 1. The van der Waals surface area contributed by atoms with E-state index in [2.05, 4.69) is 16.4 Å². The molecule has 2 fully saturated rings. The Morgan fingerprint density at radius 2 is 2.14 bits per heavy atom. The number of hydrogen-bond acceptors (Lipinski definition) is 7. The number of anilines is 1. The third-order valence-electron chi connectivity index (χ3n) is 5.35. The fraction of sp³-hybridized carbons (Fsp3) is 0.579. The number of ether oxygens (including phenoxy) is 1. The summed E-state index contributed by atoms with van der Waals surface area (Å²) in [5, 5.41) is 21.9. The van der Waals surface area contributed by atoms with Gasteiger partial charge in [-0.25, -0.2) is 0 Å². The molecule has 3 rings (SSSR count). The minimum Gasteiger partial charge on any atom is -0.507 e. The molecule has 1 aromatic carbocycles. The third-order valence-corrected chi connectivity index (χ3v) is 5.67. The Labute approximate surface area is 169 Å². The van der Waals surface area contributed by atoms with Crippen molar-refractivity contribution in [3.63, 3.8) is 0 Å². The minimum atomic E-state index is -0.413. The first-order valence-corrected chi connectivity index (χ1v) is 9.89. The zero-order chi connectivity index (χ0) is 20.1. The highest BCUT2D eigenvalue weighted by molar-refractivity contribution is 6.33. The van der Waals surface area contributed by atoms with Gasteiger partial charge in [0, 0.05) is 45.3 Å². The van der Waals surface area contributed by atoms with Crippen LogP contribution in [0.4, 0.5) is 5.69 Å². The average Bonchev–Trinajstić information content (AvgIpc) is 2.70. The highest BCUT2D eigenvalue weighted by atomic mass is 35.5. The van der Waals surface area contributed by atoms with E-state index in [-0.39, 0.29) is 28.1 Å². The van der Waals surface area contributed by atoms with Crippen LogP contribution >= 0.6 is 11.6 Å². The van der Waals surface area contributed by atoms with Crippen LogP contribution in [0.2, 0.25) is 5.02 Å². The molecule has 1 unspecified atom stereocenters. The molecule has 1 aromatic rings. The molecule has 0 radical (unpaired) electrons. The number of morpholine rings is 1. The zero-order valence-corrected chi connectivity index (χ0v) is 16.5. The number of carbonyl (C=O) groups is 1. The second-order valence-electron chi connectivity index (χ2n) is 7.38. The Balaban J connectivity index is 1.47. The Kier molecular flexibility index (Phi) is 6.83. The van der Waals surface area contributed by atoms with E-state index >= 15 is 0 Å². The number of hydrogen-bond donors (Lipinski definition) is 3. The van der Waals surface area contributed by atoms with Gasteiger partial charge in [-0.1, -0.05) is 11.6 Å². The summed E-state index contributed by atoms with van der Waals surface area (Å²) in [6.45, 7) is 5.24. The zero-order valence-electron chi connectivity index (χ0n) is 15.7. The Morgan fingerprint density at radius 1 is 1.39 bits per heavy atom. The second-order valence-corrected chi connectivity index (χ2v) is 7.79. The molecule has 9 heteroatoms. The molecule has 4 N–H and O–H groups in total. The van der Waals surface area contributed by atoms with E-state index in [0.29, 0.717) is 19.1 Å². The molecule has 2 heterocycles. The van der Waals surface area contributed by atoms with Gasteiger partial charge in [0.15, 0.2) is 6.19 Å². The minimum absolute atomic E-state index is 0.0936. The van der Waals surface area contributed by atoms with Crippen LogP contribution in [0.5, 0.6) is 5.75 Å². The van der Waals surface area contributed by atoms with E-state index < -0.39 is 5.91 Å². The molecule has 1 atom stereocenters. The lowest BCUT2D eigenvalue weighted by molar-refractivity contribution is -0.0329. The lowest BCUT2D eigenvalue weighted by Crippen LogP contribution is -2.49. The summed E-state index contributed by atoms with van der Waals surface area (Å²) >= 11 is 5.94. The Hall–Kier alpha value is -2.21. The van der Waals surface area contributed by atoms with Gasteiger partial charge in [-0.15, -0.1) is 0 Å². The number of nitrogen functional groups attached to an aromatic ring is 1. The maximum absolute atomic E-state index is 12.4. The van der Waals surface area contributed by atoms with Crippen molar-refractivity contribution in [1.29, 1.82) is 5.26 Å². The third kappa shape index (κ3) is 5.19. The average molecular weight is 408 g/mol. The number of amides is 1. The summed E-state index contributed by atoms with van der Waals surface area (Å²) < 4.78 is 5.77. The largest absolute Gasteiger partial charge is 0.507 e. The summed E-state index contributed by atoms with van der Waals surface area (Å²) in [6.07, 6.45) is 4.17. The van der Waals surface area contributed by atoms with Crippen LogP contribution in [0.15, 0.2) is 12.1 Å². The molecule has 2 aliphatic heterocycles. The van der Waals surface area contributed by atoms with Crippen LogP contribution in [0.1, 0.15) is 23.2 Å². The quantitative estimate of drug-likeness (QED) is 0.497. The molecule has 1 amide bonds. The first-order valence-electron chi connectivity index (χ1n) is 9.51. The lowest BCUT2D eigenvalue weighted by atomic mass is 9.96. The Morgan fingerprint density at radius 3 is 2.86 bits per heavy atom. The number of halogens is 1. The van der Waals surface area contributed by atoms with Crippen molar-refractivity contribution in [3.8, 4) is 11.9 Å². The van der Waals surface area contributed by atoms with Crippen molar-refractivity contribution in [1.82, 2.24) is 15.1 Å². The van der Waals surface area contributed by atoms with Crippen molar-refractivity contribution in [2.45, 2.75) is 18.9 Å². The number of nitrogens with zero attached hydrogens (tertiary/aromatic N) is 3. The van der Waals surface area contributed by atoms with E-state index in [0.717, 1.165) is 45.6 Å². The predicted molar refractivity (Wildman–Crippen MR) is 106 cm³/mol. The lowest BCUT2D eigenvalue weighted by Gasteiger charge is -2.37. The normalized spacial score (nSPS) is 21.3. The number of carbonyl (C=O) groups excluding carboxylic acids is 1. The summed E-state index contributed by atoms with van der Waals surface area (Å²) in [6, 6.07) is 2.64. The van der Waals surface area contributed by atoms with E-state index in [9.17, 15) is 9.90 Å². The first-order chi connectivity index (χ1) is 13.5. The molecule has 0 saturated carbocycles. The number of piperidine rings is 1. The number of nitrogens with one attached hydrogen (secondary N) is 1. The van der Waals surface area contributed by atoms with Crippen LogP contribution in [-0.2, 0) is 4.74 Å². The van der Waals surface area contributed by atoms with Gasteiger partial charge in [-0.3, -0.25) is 9.69 Å². The molecule has 152 valence electrons. The first kappa shape index (κ1) is 20.5. The van der Waals surface area contributed by atoms with Crippen molar-refractivity contribution < 1.29 is 14.6 Å². The Bertz CT molecular complexity index is 746. The van der Waals surface area contributed by atoms with Crippen molar-refractivity contribution in [2.75, 3.05) is 51.6 Å². The van der Waals surface area contributed by atoms with Crippen molar-refractivity contribution >= 4 is 23.2 Å². The molecule has 2 aliphatic rings. The van der Waals surface area contributed by atoms with E-state index in [1.165, 1.54) is 12.1 Å². The molecular formula is C19H26ClN5O3. The molecule has 0 aliphatic carbocycles. The van der Waals surface area contributed by atoms with Crippen LogP contribution in [0, 0.1) is 17.4 Å². The number of phenols is 1. The van der Waals surface area contributed by atoms with Gasteiger partial charge in [-0.05, 0) is 24.8 Å². The molecule has 0 aromatic heterocycles. The maximum atomic E-state index is 12.4. The highest BCUT2D eigenvalue weighted by Gasteiger charge is 2.26. The fourth-order valence-electron chi connectivity index (χ4n) is 3.71. The van der Waals surface area contributed by atoms with Crippen LogP contribution in [-0.4, -0.2) is 72.8 Å². The number of rotatable bonds is 5. The van der Waals surface area contributed by atoms with Gasteiger partial charge >= 0.3 is 0 Å². The van der Waals surface area contributed by atoms with Gasteiger partial charge in [0.2, 0.25) is 0 Å². The van der Waals surface area contributed by atoms with Crippen molar-refractivity contribution in [3.05, 3.63) is 22.7 Å². The summed E-state index contributed by atoms with van der Waals surface area (Å²) in [4.78, 5) is 16.5. The van der Waals surface area contributed by atoms with Crippen LogP contribution in [0.25, 0.3) is 0 Å². The smallest absolute Gasteiger partial charge is 0.255 e. The number of nitriles is 1. The fourth-order valence-corrected chi connectivity index (χ4v) is 3.88. The number of benzene rings is 1. The molecule has 2 saturated heterocycles. The number of nitrogens with two attached hydrogens (primary N) is 1. The summed E-state index contributed by atoms with van der Waals surface area (Å²) in [5.74, 6) is -0.0230. The van der Waals surface area contributed by atoms with Crippen LogP contribution < -0.4 is 11.1 Å². The maximum Gasteiger partial charge on any atom is 0.255 e. The molecule has 0 bridgehead atoms. The van der Waals surface area contributed by atoms with Gasteiger partial charge in [0.25, 0.3) is 5.91 Å². The van der Waals surface area contributed by atoms with Gasteiger partial charge in [0.05, 0.1) is 29.0 Å². The van der Waals surface area contributed by atoms with Gasteiger partial charge < -0.3 is 25.8 Å². The molecule has 28 heavy (non-hydrogen) atoms. The van der Waals surface area contributed by atoms with Crippen LogP contribution in [0.3, 0.4) is 0 Å². The monoisotopic (exact) mass is 407 g/mol. The van der Waals surface area contributed by atoms with E-state index in [1.54, 1.807) is 0 Å². The summed E-state index contributed by atoms with van der Waals surface area (Å²) in [5.41, 5.74) is 5.94. The second kappa shape index (κ2) is 9.32. The SMILES string of the molecule is N#CN1CCC(CN2CCOC(CNC(=O)c3cc(Cl)c(N)cc3O)C2)CC1. The van der Waals surface area contributed by atoms with Gasteiger partial charge in [-0.2, -0.15) is 5.26 Å². The van der Waals surface area contributed by atoms with E-state index in [1.807, 2.05) is 4.90 Å². The predicted octanol–water partition coefficient (Wildman–Crippen LogP) is 1.25. The van der Waals surface area contributed by atoms with E-state index in [4.69, 9.17) is 27.3 Å².